The molecule has 0 heterocycles. The molecule has 0 aromatic carbocycles. The van der Waals surface area contributed by atoms with Crippen molar-refractivity contribution in [1.82, 2.24) is 0 Å². The summed E-state index contributed by atoms with van der Waals surface area (Å²) >= 11 is 0. The molecule has 0 radical (unpaired) electrons. The van der Waals surface area contributed by atoms with Gasteiger partial charge < -0.3 is 8.85 Å². The second-order valence-electron chi connectivity index (χ2n) is 5.48. The van der Waals surface area contributed by atoms with E-state index in [1.807, 2.05) is 39.3 Å². The molecule has 18 heavy (non-hydrogen) atoms. The number of hydrogen-bond acceptors (Lipinski definition) is 4. The lowest BCUT2D eigenvalue weighted by atomic mass is 10.7. The lowest BCUT2D eigenvalue weighted by Crippen LogP contribution is -2.28. The van der Waals surface area contributed by atoms with E-state index >= 15 is 0 Å². The van der Waals surface area contributed by atoms with Crippen LogP contribution in [0.15, 0.2) is 25.3 Å². The Morgan fingerprint density at radius 3 is 1.06 bits per heavy atom. The topological polar surface area (TPSA) is 52.6 Å². The van der Waals surface area contributed by atoms with Gasteiger partial charge in [-0.1, -0.05) is 13.2 Å². The van der Waals surface area contributed by atoms with Gasteiger partial charge in [0.1, 0.15) is 0 Å². The second kappa shape index (κ2) is 8.04. The van der Waals surface area contributed by atoms with Crippen LogP contribution >= 0.6 is 0 Å². The molecule has 0 aliphatic carbocycles. The zero-order valence-electron chi connectivity index (χ0n) is 12.2. The van der Waals surface area contributed by atoms with Crippen LogP contribution in [0.5, 0.6) is 0 Å². The van der Waals surface area contributed by atoms with Crippen molar-refractivity contribution in [3.8, 4) is 0 Å². The fraction of sp³-hybridized carbons (Fsp3) is 0.500. The van der Waals surface area contributed by atoms with Crippen LogP contribution in [0.4, 0.5) is 0 Å². The van der Waals surface area contributed by atoms with Gasteiger partial charge in [0.25, 0.3) is 0 Å². The number of hydrogen-bond donors (Lipinski definition) is 0. The Balaban J connectivity index is 0. The summed E-state index contributed by atoms with van der Waals surface area (Å²) in [4.78, 5) is 21.0. The molecule has 0 fully saturated rings. The third-order valence-electron chi connectivity index (χ3n) is 1.15. The maximum Gasteiger partial charge on any atom is 0.316 e. The summed E-state index contributed by atoms with van der Waals surface area (Å²) < 4.78 is 9.94. The predicted octanol–water partition coefficient (Wildman–Crippen LogP) is 3.10. The molecule has 0 N–H and O–H groups in total. The Hall–Kier alpha value is -1.15. The maximum atomic E-state index is 10.5. The van der Waals surface area contributed by atoms with E-state index in [0.717, 1.165) is 0 Å². The van der Waals surface area contributed by atoms with Crippen molar-refractivity contribution < 1.29 is 18.4 Å². The van der Waals surface area contributed by atoms with Gasteiger partial charge in [-0.2, -0.15) is 0 Å². The van der Waals surface area contributed by atoms with Crippen LogP contribution in [0.25, 0.3) is 0 Å². The summed E-state index contributed by atoms with van der Waals surface area (Å²) in [5.41, 5.74) is 0. The molecule has 0 saturated carbocycles. The van der Waals surface area contributed by atoms with Crippen LogP contribution in [-0.2, 0) is 18.4 Å². The van der Waals surface area contributed by atoms with E-state index in [9.17, 15) is 9.59 Å². The Kier molecular flexibility index (Phi) is 8.58. The molecule has 0 aromatic heterocycles. The molecule has 0 aromatic rings. The van der Waals surface area contributed by atoms with Crippen LogP contribution in [0.2, 0.25) is 39.3 Å². The van der Waals surface area contributed by atoms with Crippen molar-refractivity contribution in [2.75, 3.05) is 0 Å². The number of carbonyl (C=O) groups excluding carboxylic acids is 2. The molecule has 0 amide bonds. The van der Waals surface area contributed by atoms with Crippen LogP contribution in [-0.4, -0.2) is 28.6 Å². The molecule has 0 unspecified atom stereocenters. The first-order chi connectivity index (χ1) is 7.91. The smallest absolute Gasteiger partial charge is 0.316 e. The van der Waals surface area contributed by atoms with Gasteiger partial charge >= 0.3 is 11.9 Å². The summed E-state index contributed by atoms with van der Waals surface area (Å²) in [7, 11) is -3.32. The third-order valence-corrected chi connectivity index (χ3v) is 2.77. The standard InChI is InChI=1S/2C6H12O2Si/c2*1-5-6(7)8-9(2,3)4/h2*5H,1H2,2-4H3. The average molecular weight is 288 g/mol. The minimum atomic E-state index is -1.66. The average Bonchev–Trinajstić information content (AvgIpc) is 2.13. The van der Waals surface area contributed by atoms with Crippen LogP contribution in [0.1, 0.15) is 0 Å². The quantitative estimate of drug-likeness (QED) is 0.589. The summed E-state index contributed by atoms with van der Waals surface area (Å²) in [5, 5.41) is 0. The molecule has 0 spiro atoms. The van der Waals surface area contributed by atoms with Crippen molar-refractivity contribution in [3.05, 3.63) is 25.3 Å². The first-order valence-electron chi connectivity index (χ1n) is 5.62. The fourth-order valence-corrected chi connectivity index (χ4v) is 2.06. The summed E-state index contributed by atoms with van der Waals surface area (Å²) in [6.45, 7) is 18.3. The number of rotatable bonds is 4. The molecule has 0 saturated heterocycles. The van der Waals surface area contributed by atoms with Crippen LogP contribution < -0.4 is 0 Å². The van der Waals surface area contributed by atoms with Crippen molar-refractivity contribution in [3.63, 3.8) is 0 Å². The normalized spacial score (nSPS) is 10.6. The molecule has 6 heteroatoms. The van der Waals surface area contributed by atoms with E-state index < -0.39 is 16.6 Å². The van der Waals surface area contributed by atoms with E-state index in [0.29, 0.717) is 0 Å². The van der Waals surface area contributed by atoms with Gasteiger partial charge in [-0.25, -0.2) is 9.59 Å². The molecule has 0 bridgehead atoms. The van der Waals surface area contributed by atoms with E-state index in [4.69, 9.17) is 8.85 Å². The minimum absolute atomic E-state index is 0.311. The van der Waals surface area contributed by atoms with E-state index in [-0.39, 0.29) is 11.9 Å². The van der Waals surface area contributed by atoms with Crippen molar-refractivity contribution in [1.29, 1.82) is 0 Å². The molecular formula is C12H24O4Si2. The molecule has 4 nitrogen and oxygen atoms in total. The van der Waals surface area contributed by atoms with Gasteiger partial charge in [-0.15, -0.1) is 0 Å². The van der Waals surface area contributed by atoms with Crippen molar-refractivity contribution in [2.24, 2.45) is 0 Å². The number of carbonyl (C=O) groups is 2. The Morgan fingerprint density at radius 2 is 1.00 bits per heavy atom. The highest BCUT2D eigenvalue weighted by Gasteiger charge is 2.18. The highest BCUT2D eigenvalue weighted by atomic mass is 28.4. The van der Waals surface area contributed by atoms with Gasteiger partial charge in [0, 0.05) is 12.2 Å². The van der Waals surface area contributed by atoms with Crippen LogP contribution in [0, 0.1) is 0 Å². The largest absolute Gasteiger partial charge is 0.517 e. The van der Waals surface area contributed by atoms with E-state index in [2.05, 4.69) is 13.2 Å². The zero-order chi connectivity index (χ0) is 15.0. The summed E-state index contributed by atoms with van der Waals surface area (Å²) in [6.07, 6.45) is 2.39. The Bertz CT molecular complexity index is 279. The van der Waals surface area contributed by atoms with Crippen molar-refractivity contribution in [2.45, 2.75) is 39.3 Å². The lowest BCUT2D eigenvalue weighted by molar-refractivity contribution is -0.130. The van der Waals surface area contributed by atoms with Gasteiger partial charge in [-0.3, -0.25) is 0 Å². The summed E-state index contributed by atoms with van der Waals surface area (Å²) in [6, 6.07) is 0. The van der Waals surface area contributed by atoms with Gasteiger partial charge in [0.2, 0.25) is 16.6 Å². The second-order valence-corrected chi connectivity index (χ2v) is 14.3. The fourth-order valence-electron chi connectivity index (χ4n) is 0.687. The van der Waals surface area contributed by atoms with Crippen molar-refractivity contribution >= 4 is 28.6 Å². The van der Waals surface area contributed by atoms with Gasteiger partial charge in [0.15, 0.2) is 0 Å². The highest BCUT2D eigenvalue weighted by Crippen LogP contribution is 2.02. The molecule has 0 rings (SSSR count). The SMILES string of the molecule is C=CC(=O)O[Si](C)(C)C.C=CC(=O)O[Si](C)(C)C. The first kappa shape index (κ1) is 19.2. The molecule has 0 atom stereocenters. The van der Waals surface area contributed by atoms with Crippen LogP contribution in [0.3, 0.4) is 0 Å². The van der Waals surface area contributed by atoms with Gasteiger partial charge in [-0.05, 0) is 39.3 Å². The Morgan fingerprint density at radius 1 is 0.778 bits per heavy atom. The molecule has 0 aliphatic heterocycles. The Labute approximate surface area is 112 Å². The predicted molar refractivity (Wildman–Crippen MR) is 79.3 cm³/mol. The zero-order valence-corrected chi connectivity index (χ0v) is 14.2. The monoisotopic (exact) mass is 288 g/mol. The molecular weight excluding hydrogens is 264 g/mol. The summed E-state index contributed by atoms with van der Waals surface area (Å²) in [5.74, 6) is -0.622. The first-order valence-corrected chi connectivity index (χ1v) is 12.4. The third kappa shape index (κ3) is 17.3. The molecule has 104 valence electrons. The highest BCUT2D eigenvalue weighted by molar-refractivity contribution is 6.71. The van der Waals surface area contributed by atoms with E-state index in [1.165, 1.54) is 12.2 Å². The van der Waals surface area contributed by atoms with E-state index in [1.54, 1.807) is 0 Å². The lowest BCUT2D eigenvalue weighted by Gasteiger charge is -2.14. The van der Waals surface area contributed by atoms with Gasteiger partial charge in [0.05, 0.1) is 0 Å². The molecule has 0 aliphatic rings. The maximum absolute atomic E-state index is 10.5. The minimum Gasteiger partial charge on any atom is -0.517 e.